The number of carbonyl (C=O) groups excluding carboxylic acids is 1. The van der Waals surface area contributed by atoms with Crippen molar-refractivity contribution in [2.75, 3.05) is 5.73 Å². The molecule has 0 amide bonds. The van der Waals surface area contributed by atoms with Crippen LogP contribution in [0, 0.1) is 13.8 Å². The van der Waals surface area contributed by atoms with Gasteiger partial charge < -0.3 is 5.73 Å². The second kappa shape index (κ2) is 6.09. The summed E-state index contributed by atoms with van der Waals surface area (Å²) >= 11 is 0. The summed E-state index contributed by atoms with van der Waals surface area (Å²) in [6.07, 6.45) is 0.811. The van der Waals surface area contributed by atoms with Gasteiger partial charge >= 0.3 is 0 Å². The molecule has 3 aromatic rings. The van der Waals surface area contributed by atoms with Crippen molar-refractivity contribution in [2.45, 2.75) is 13.8 Å². The van der Waals surface area contributed by atoms with E-state index in [2.05, 4.69) is 50.2 Å². The van der Waals surface area contributed by atoms with Crippen molar-refractivity contribution in [1.82, 2.24) is 0 Å². The summed E-state index contributed by atoms with van der Waals surface area (Å²) in [5.41, 5.74) is 13.8. The van der Waals surface area contributed by atoms with Crippen molar-refractivity contribution in [3.63, 3.8) is 0 Å². The number of benzene rings is 3. The molecule has 0 unspecified atom stereocenters. The Morgan fingerprint density at radius 1 is 0.739 bits per heavy atom. The summed E-state index contributed by atoms with van der Waals surface area (Å²) < 4.78 is 0. The van der Waals surface area contributed by atoms with Crippen LogP contribution in [0.25, 0.3) is 22.3 Å². The fraction of sp³-hybridized carbons (Fsp3) is 0.0952. The fourth-order valence-corrected chi connectivity index (χ4v) is 2.74. The Morgan fingerprint density at radius 2 is 1.26 bits per heavy atom. The SMILES string of the molecule is Cc1ccc(-c2ccc(C=O)c(N)c2-c2ccc(C)cc2)cc1. The van der Waals surface area contributed by atoms with E-state index in [0.29, 0.717) is 11.3 Å². The Bertz CT molecular complexity index is 846. The van der Waals surface area contributed by atoms with Gasteiger partial charge in [0.05, 0.1) is 5.69 Å². The third kappa shape index (κ3) is 2.88. The highest BCUT2D eigenvalue weighted by atomic mass is 16.1. The molecule has 0 spiro atoms. The van der Waals surface area contributed by atoms with E-state index in [-0.39, 0.29) is 0 Å². The van der Waals surface area contributed by atoms with Crippen LogP contribution in [0.3, 0.4) is 0 Å². The van der Waals surface area contributed by atoms with Gasteiger partial charge in [-0.25, -0.2) is 0 Å². The highest BCUT2D eigenvalue weighted by Gasteiger charge is 2.14. The van der Waals surface area contributed by atoms with E-state index < -0.39 is 0 Å². The zero-order valence-corrected chi connectivity index (χ0v) is 13.3. The molecule has 0 aliphatic heterocycles. The second-order valence-corrected chi connectivity index (χ2v) is 5.84. The van der Waals surface area contributed by atoms with Crippen LogP contribution in [0.4, 0.5) is 5.69 Å². The maximum Gasteiger partial charge on any atom is 0.152 e. The number of nitrogens with two attached hydrogens (primary N) is 1. The van der Waals surface area contributed by atoms with E-state index >= 15 is 0 Å². The van der Waals surface area contributed by atoms with Gasteiger partial charge in [0.2, 0.25) is 0 Å². The van der Waals surface area contributed by atoms with Crippen molar-refractivity contribution >= 4 is 12.0 Å². The zero-order chi connectivity index (χ0) is 16.4. The maximum absolute atomic E-state index is 11.3. The van der Waals surface area contributed by atoms with Crippen molar-refractivity contribution in [1.29, 1.82) is 0 Å². The molecule has 0 saturated heterocycles. The molecule has 0 aromatic heterocycles. The molecule has 0 aliphatic rings. The predicted octanol–water partition coefficient (Wildman–Crippen LogP) is 5.03. The number of nitrogen functional groups attached to an aromatic ring is 1. The highest BCUT2D eigenvalue weighted by Crippen LogP contribution is 2.38. The normalized spacial score (nSPS) is 10.5. The fourth-order valence-electron chi connectivity index (χ4n) is 2.74. The first-order valence-corrected chi connectivity index (χ1v) is 7.62. The lowest BCUT2D eigenvalue weighted by molar-refractivity contribution is 0.112. The molecule has 2 nitrogen and oxygen atoms in total. The van der Waals surface area contributed by atoms with E-state index in [9.17, 15) is 4.79 Å². The van der Waals surface area contributed by atoms with Crippen LogP contribution >= 0.6 is 0 Å². The minimum atomic E-state index is 0.524. The molecule has 0 aliphatic carbocycles. The topological polar surface area (TPSA) is 43.1 Å². The zero-order valence-electron chi connectivity index (χ0n) is 13.3. The smallest absolute Gasteiger partial charge is 0.152 e. The molecular weight excluding hydrogens is 282 g/mol. The standard InChI is InChI=1S/C21H19NO/c1-14-3-7-16(8-4-14)19-12-11-18(13-23)21(22)20(19)17-9-5-15(2)6-10-17/h3-13H,22H2,1-2H3. The molecule has 23 heavy (non-hydrogen) atoms. The monoisotopic (exact) mass is 301 g/mol. The van der Waals surface area contributed by atoms with Gasteiger partial charge in [-0.3, -0.25) is 4.79 Å². The number of hydrogen-bond donors (Lipinski definition) is 1. The average Bonchev–Trinajstić information content (AvgIpc) is 2.56. The Morgan fingerprint density at radius 3 is 1.78 bits per heavy atom. The number of aryl methyl sites for hydroxylation is 2. The van der Waals surface area contributed by atoms with Gasteiger partial charge in [-0.05, 0) is 36.6 Å². The Balaban J connectivity index is 2.27. The molecule has 2 N–H and O–H groups in total. The maximum atomic E-state index is 11.3. The van der Waals surface area contributed by atoms with E-state index in [1.807, 2.05) is 18.2 Å². The van der Waals surface area contributed by atoms with Gasteiger partial charge in [-0.1, -0.05) is 65.7 Å². The number of anilines is 1. The molecule has 0 heterocycles. The quantitative estimate of drug-likeness (QED) is 0.544. The van der Waals surface area contributed by atoms with Gasteiger partial charge in [0, 0.05) is 11.1 Å². The van der Waals surface area contributed by atoms with Crippen LogP contribution in [0.15, 0.2) is 60.7 Å². The van der Waals surface area contributed by atoms with Crippen LogP contribution in [0.1, 0.15) is 21.5 Å². The summed E-state index contributed by atoms with van der Waals surface area (Å²) in [6, 6.07) is 20.3. The molecule has 3 aromatic carbocycles. The summed E-state index contributed by atoms with van der Waals surface area (Å²) in [5, 5.41) is 0. The number of rotatable bonds is 3. The number of aldehydes is 1. The van der Waals surface area contributed by atoms with Crippen LogP contribution in [-0.4, -0.2) is 6.29 Å². The van der Waals surface area contributed by atoms with Crippen molar-refractivity contribution in [3.05, 3.63) is 77.4 Å². The summed E-state index contributed by atoms with van der Waals surface area (Å²) in [7, 11) is 0. The summed E-state index contributed by atoms with van der Waals surface area (Å²) in [4.78, 5) is 11.3. The lowest BCUT2D eigenvalue weighted by Gasteiger charge is -2.15. The van der Waals surface area contributed by atoms with E-state index in [4.69, 9.17) is 5.73 Å². The molecular formula is C21H19NO. The molecule has 0 radical (unpaired) electrons. The number of carbonyl (C=O) groups is 1. The average molecular weight is 301 g/mol. The predicted molar refractivity (Wildman–Crippen MR) is 96.6 cm³/mol. The third-order valence-electron chi connectivity index (χ3n) is 4.11. The minimum absolute atomic E-state index is 0.524. The van der Waals surface area contributed by atoms with Gasteiger partial charge in [-0.15, -0.1) is 0 Å². The van der Waals surface area contributed by atoms with Gasteiger partial charge in [0.15, 0.2) is 6.29 Å². The number of hydrogen-bond acceptors (Lipinski definition) is 2. The highest BCUT2D eigenvalue weighted by molar-refractivity contribution is 5.98. The second-order valence-electron chi connectivity index (χ2n) is 5.84. The van der Waals surface area contributed by atoms with Crippen LogP contribution in [-0.2, 0) is 0 Å². The molecule has 2 heteroatoms. The molecule has 0 saturated carbocycles. The first kappa shape index (κ1) is 15.0. The molecule has 0 atom stereocenters. The molecule has 114 valence electrons. The van der Waals surface area contributed by atoms with E-state index in [1.165, 1.54) is 11.1 Å². The van der Waals surface area contributed by atoms with Crippen LogP contribution in [0.5, 0.6) is 0 Å². The molecule has 0 fully saturated rings. The third-order valence-corrected chi connectivity index (χ3v) is 4.11. The molecule has 0 bridgehead atoms. The van der Waals surface area contributed by atoms with Crippen LogP contribution in [0.2, 0.25) is 0 Å². The van der Waals surface area contributed by atoms with Gasteiger partial charge in [0.1, 0.15) is 0 Å². The largest absolute Gasteiger partial charge is 0.398 e. The summed E-state index contributed by atoms with van der Waals surface area (Å²) in [5.74, 6) is 0. The van der Waals surface area contributed by atoms with E-state index in [0.717, 1.165) is 28.5 Å². The van der Waals surface area contributed by atoms with E-state index in [1.54, 1.807) is 6.07 Å². The van der Waals surface area contributed by atoms with Gasteiger partial charge in [-0.2, -0.15) is 0 Å². The Kier molecular flexibility index (Phi) is 3.98. The van der Waals surface area contributed by atoms with Gasteiger partial charge in [0.25, 0.3) is 0 Å². The first-order valence-electron chi connectivity index (χ1n) is 7.62. The first-order chi connectivity index (χ1) is 11.1. The van der Waals surface area contributed by atoms with Crippen molar-refractivity contribution < 1.29 is 4.79 Å². The van der Waals surface area contributed by atoms with Crippen molar-refractivity contribution in [2.24, 2.45) is 0 Å². The Labute approximate surface area is 136 Å². The lowest BCUT2D eigenvalue weighted by Crippen LogP contribution is -1.99. The summed E-state index contributed by atoms with van der Waals surface area (Å²) in [6.45, 7) is 4.12. The lowest BCUT2D eigenvalue weighted by atomic mass is 9.90. The molecule has 3 rings (SSSR count). The Hall–Kier alpha value is -2.87. The van der Waals surface area contributed by atoms with Crippen molar-refractivity contribution in [3.8, 4) is 22.3 Å². The van der Waals surface area contributed by atoms with Crippen LogP contribution < -0.4 is 5.73 Å². The minimum Gasteiger partial charge on any atom is -0.398 e.